The van der Waals surface area contributed by atoms with Crippen LogP contribution in [0.15, 0.2) is 11.6 Å². The van der Waals surface area contributed by atoms with Gasteiger partial charge in [-0.05, 0) is 51.0 Å². The molecule has 0 aromatic heterocycles. The lowest BCUT2D eigenvalue weighted by Crippen LogP contribution is -2.35. The Morgan fingerprint density at radius 2 is 2.15 bits per heavy atom. The lowest BCUT2D eigenvalue weighted by atomic mass is 9.85. The van der Waals surface area contributed by atoms with Gasteiger partial charge >= 0.3 is 0 Å². The minimum absolute atomic E-state index is 0.595. The molecule has 1 atom stereocenters. The maximum Gasteiger partial charge on any atom is 0.0330 e. The third-order valence-corrected chi connectivity index (χ3v) is 3.72. The van der Waals surface area contributed by atoms with Crippen molar-refractivity contribution in [2.24, 2.45) is 5.41 Å². The van der Waals surface area contributed by atoms with Crippen LogP contribution in [-0.2, 0) is 0 Å². The zero-order valence-electron chi connectivity index (χ0n) is 8.90. The van der Waals surface area contributed by atoms with Gasteiger partial charge in [-0.2, -0.15) is 0 Å². The van der Waals surface area contributed by atoms with Crippen LogP contribution in [-0.4, -0.2) is 13.1 Å². The Balaban J connectivity index is 2.07. The predicted octanol–water partition coefficient (Wildman–Crippen LogP) is 2.87. The zero-order valence-corrected chi connectivity index (χ0v) is 8.90. The predicted molar refractivity (Wildman–Crippen MR) is 56.7 cm³/mol. The molecule has 13 heavy (non-hydrogen) atoms. The molecule has 0 heterocycles. The second kappa shape index (κ2) is 3.45. The van der Waals surface area contributed by atoms with E-state index in [4.69, 9.17) is 0 Å². The Morgan fingerprint density at radius 1 is 1.38 bits per heavy atom. The fourth-order valence-corrected chi connectivity index (χ4v) is 2.59. The first-order valence-electron chi connectivity index (χ1n) is 5.62. The van der Waals surface area contributed by atoms with E-state index in [1.54, 1.807) is 5.57 Å². The summed E-state index contributed by atoms with van der Waals surface area (Å²) in [6, 6.07) is 0.674. The smallest absolute Gasteiger partial charge is 0.0330 e. The molecule has 74 valence electrons. The van der Waals surface area contributed by atoms with E-state index in [1.807, 2.05) is 0 Å². The van der Waals surface area contributed by atoms with E-state index in [0.29, 0.717) is 11.5 Å². The van der Waals surface area contributed by atoms with Gasteiger partial charge in [0.2, 0.25) is 0 Å². The zero-order chi connectivity index (χ0) is 9.31. The van der Waals surface area contributed by atoms with Gasteiger partial charge in [-0.15, -0.1) is 0 Å². The SMILES string of the molecule is CNC(C1=CCCCC1)C1(C)CC1. The van der Waals surface area contributed by atoms with Crippen molar-refractivity contribution in [2.45, 2.75) is 51.5 Å². The topological polar surface area (TPSA) is 12.0 Å². The fraction of sp³-hybridized carbons (Fsp3) is 0.833. The molecule has 0 spiro atoms. The average Bonchev–Trinajstić information content (AvgIpc) is 2.87. The second-order valence-corrected chi connectivity index (χ2v) is 4.90. The maximum absolute atomic E-state index is 3.51. The molecule has 1 nitrogen and oxygen atoms in total. The van der Waals surface area contributed by atoms with E-state index in [1.165, 1.54) is 38.5 Å². The van der Waals surface area contributed by atoms with Crippen molar-refractivity contribution >= 4 is 0 Å². The Hall–Kier alpha value is -0.300. The molecule has 2 rings (SSSR count). The molecule has 2 aliphatic carbocycles. The van der Waals surface area contributed by atoms with Crippen LogP contribution in [0.4, 0.5) is 0 Å². The average molecular weight is 179 g/mol. The highest BCUT2D eigenvalue weighted by atomic mass is 14.9. The Kier molecular flexibility index (Phi) is 2.46. The summed E-state index contributed by atoms with van der Waals surface area (Å²) in [5.41, 5.74) is 2.28. The van der Waals surface area contributed by atoms with Gasteiger partial charge in [0.05, 0.1) is 0 Å². The lowest BCUT2D eigenvalue weighted by Gasteiger charge is -2.28. The van der Waals surface area contributed by atoms with E-state index in [2.05, 4.69) is 25.4 Å². The first-order chi connectivity index (χ1) is 6.26. The molecule has 0 aliphatic heterocycles. The largest absolute Gasteiger partial charge is 0.313 e. The summed E-state index contributed by atoms with van der Waals surface area (Å²) in [6.07, 6.45) is 10.8. The molecule has 1 unspecified atom stereocenters. The number of allylic oxidation sites excluding steroid dienone is 1. The third kappa shape index (κ3) is 1.80. The number of hydrogen-bond donors (Lipinski definition) is 1. The van der Waals surface area contributed by atoms with Crippen molar-refractivity contribution in [3.63, 3.8) is 0 Å². The van der Waals surface area contributed by atoms with Gasteiger partial charge in [-0.25, -0.2) is 0 Å². The van der Waals surface area contributed by atoms with Gasteiger partial charge in [-0.1, -0.05) is 18.6 Å². The Labute approximate surface area is 81.6 Å². The second-order valence-electron chi connectivity index (χ2n) is 4.90. The van der Waals surface area contributed by atoms with Gasteiger partial charge < -0.3 is 5.32 Å². The van der Waals surface area contributed by atoms with E-state index >= 15 is 0 Å². The summed E-state index contributed by atoms with van der Waals surface area (Å²) < 4.78 is 0. The van der Waals surface area contributed by atoms with Crippen LogP contribution in [0.1, 0.15) is 45.4 Å². The van der Waals surface area contributed by atoms with E-state index in [9.17, 15) is 0 Å². The molecule has 0 aromatic rings. The highest BCUT2D eigenvalue weighted by Crippen LogP contribution is 2.50. The Morgan fingerprint density at radius 3 is 2.62 bits per heavy atom. The third-order valence-electron chi connectivity index (χ3n) is 3.72. The summed E-state index contributed by atoms with van der Waals surface area (Å²) in [4.78, 5) is 0. The number of hydrogen-bond acceptors (Lipinski definition) is 1. The molecule has 1 N–H and O–H groups in total. The van der Waals surface area contributed by atoms with Crippen LogP contribution in [0.5, 0.6) is 0 Å². The molecule has 1 saturated carbocycles. The number of nitrogens with one attached hydrogen (secondary N) is 1. The van der Waals surface area contributed by atoms with Gasteiger partial charge in [0.25, 0.3) is 0 Å². The van der Waals surface area contributed by atoms with E-state index < -0.39 is 0 Å². The molecule has 2 aliphatic rings. The summed E-state index contributed by atoms with van der Waals surface area (Å²) in [5.74, 6) is 0. The van der Waals surface area contributed by atoms with E-state index in [0.717, 1.165) is 0 Å². The summed E-state index contributed by atoms with van der Waals surface area (Å²) in [5, 5.41) is 3.51. The lowest BCUT2D eigenvalue weighted by molar-refractivity contribution is 0.407. The normalized spacial score (nSPS) is 28.0. The summed E-state index contributed by atoms with van der Waals surface area (Å²) in [7, 11) is 2.11. The van der Waals surface area contributed by atoms with Gasteiger partial charge in [-0.3, -0.25) is 0 Å². The minimum atomic E-state index is 0.595. The summed E-state index contributed by atoms with van der Waals surface area (Å²) >= 11 is 0. The maximum atomic E-state index is 3.51. The molecule has 0 radical (unpaired) electrons. The molecule has 0 amide bonds. The van der Waals surface area contributed by atoms with Gasteiger partial charge in [0.15, 0.2) is 0 Å². The van der Waals surface area contributed by atoms with Crippen LogP contribution in [0, 0.1) is 5.41 Å². The minimum Gasteiger partial charge on any atom is -0.313 e. The van der Waals surface area contributed by atoms with Crippen molar-refractivity contribution in [1.29, 1.82) is 0 Å². The summed E-state index contributed by atoms with van der Waals surface area (Å²) in [6.45, 7) is 2.42. The quantitative estimate of drug-likeness (QED) is 0.657. The molecule has 1 heteroatoms. The Bertz CT molecular complexity index is 213. The highest BCUT2D eigenvalue weighted by molar-refractivity contribution is 5.20. The van der Waals surface area contributed by atoms with E-state index in [-0.39, 0.29) is 0 Å². The number of rotatable bonds is 3. The molecule has 0 bridgehead atoms. The van der Waals surface area contributed by atoms with Crippen molar-refractivity contribution in [3.8, 4) is 0 Å². The van der Waals surface area contributed by atoms with Crippen molar-refractivity contribution in [1.82, 2.24) is 5.32 Å². The van der Waals surface area contributed by atoms with Gasteiger partial charge in [0.1, 0.15) is 0 Å². The first-order valence-corrected chi connectivity index (χ1v) is 5.62. The van der Waals surface area contributed by atoms with Gasteiger partial charge in [0, 0.05) is 6.04 Å². The van der Waals surface area contributed by atoms with Crippen molar-refractivity contribution in [2.75, 3.05) is 7.05 Å². The molecular weight excluding hydrogens is 158 g/mol. The van der Waals surface area contributed by atoms with Crippen LogP contribution in [0.3, 0.4) is 0 Å². The van der Waals surface area contributed by atoms with Crippen LogP contribution >= 0.6 is 0 Å². The molecule has 0 aromatic carbocycles. The number of likely N-dealkylation sites (N-methyl/N-ethyl adjacent to an activating group) is 1. The van der Waals surface area contributed by atoms with Crippen LogP contribution in [0.25, 0.3) is 0 Å². The highest BCUT2D eigenvalue weighted by Gasteiger charge is 2.45. The monoisotopic (exact) mass is 179 g/mol. The van der Waals surface area contributed by atoms with Crippen molar-refractivity contribution < 1.29 is 0 Å². The first kappa shape index (κ1) is 9.26. The molecule has 1 fully saturated rings. The molecule has 0 saturated heterocycles. The molecular formula is C12H21N. The van der Waals surface area contributed by atoms with Crippen LogP contribution in [0.2, 0.25) is 0 Å². The fourth-order valence-electron chi connectivity index (χ4n) is 2.59. The van der Waals surface area contributed by atoms with Crippen molar-refractivity contribution in [3.05, 3.63) is 11.6 Å². The van der Waals surface area contributed by atoms with Crippen LogP contribution < -0.4 is 5.32 Å². The standard InChI is InChI=1S/C12H21N/c1-12(8-9-12)11(13-2)10-6-4-3-5-7-10/h6,11,13H,3-5,7-9H2,1-2H3.